The summed E-state index contributed by atoms with van der Waals surface area (Å²) in [6.07, 6.45) is 18.1. The Hall–Kier alpha value is -0.730. The van der Waals surface area contributed by atoms with Gasteiger partial charge in [0.1, 0.15) is 5.60 Å². The van der Waals surface area contributed by atoms with Crippen molar-refractivity contribution in [1.29, 1.82) is 0 Å². The highest BCUT2D eigenvalue weighted by Gasteiger charge is 2.15. The first kappa shape index (κ1) is 36.3. The van der Waals surface area contributed by atoms with Crippen LogP contribution in [0.3, 0.4) is 0 Å². The third-order valence-electron chi connectivity index (χ3n) is 5.75. The zero-order valence-corrected chi connectivity index (χ0v) is 24.8. The molecule has 0 saturated carbocycles. The molecule has 0 saturated heterocycles. The second-order valence-electron chi connectivity index (χ2n) is 10.6. The first-order valence-corrected chi connectivity index (χ1v) is 15.1. The highest BCUT2D eigenvalue weighted by molar-refractivity contribution is 5.69. The molecule has 0 aliphatic rings. The predicted octanol–water partition coefficient (Wildman–Crippen LogP) is 6.89. The number of carbonyl (C=O) groups excluding carboxylic acids is 1. The zero-order chi connectivity index (χ0) is 27.3. The van der Waals surface area contributed by atoms with Crippen LogP contribution in [-0.2, 0) is 33.2 Å². The standard InChI is InChI=1S/C30H60O7/c1-5-6-7-8-9-10-11-12-13-14-15-16-17-19-32-21-23-34-25-27-36-28-26-35-24-22-33-20-18-29(31)37-30(2,3)4/h5-28H2,1-4H3. The van der Waals surface area contributed by atoms with Gasteiger partial charge in [0.05, 0.1) is 65.9 Å². The molecule has 7 heteroatoms. The highest BCUT2D eigenvalue weighted by Crippen LogP contribution is 2.12. The average Bonchev–Trinajstić information content (AvgIpc) is 2.84. The van der Waals surface area contributed by atoms with Crippen LogP contribution in [0.1, 0.15) is 118 Å². The minimum atomic E-state index is -0.454. The van der Waals surface area contributed by atoms with E-state index in [-0.39, 0.29) is 12.4 Å². The second kappa shape index (κ2) is 28.3. The van der Waals surface area contributed by atoms with Crippen molar-refractivity contribution in [3.8, 4) is 0 Å². The van der Waals surface area contributed by atoms with E-state index in [0.717, 1.165) is 13.0 Å². The van der Waals surface area contributed by atoms with Gasteiger partial charge in [0.2, 0.25) is 0 Å². The molecular weight excluding hydrogens is 472 g/mol. The third-order valence-corrected chi connectivity index (χ3v) is 5.75. The first-order chi connectivity index (χ1) is 18.0. The lowest BCUT2D eigenvalue weighted by atomic mass is 10.0. The van der Waals surface area contributed by atoms with Gasteiger partial charge in [0, 0.05) is 6.61 Å². The van der Waals surface area contributed by atoms with Crippen molar-refractivity contribution in [2.45, 2.75) is 123 Å². The van der Waals surface area contributed by atoms with Gasteiger partial charge in [-0.05, 0) is 27.2 Å². The third kappa shape index (κ3) is 33.2. The number of hydrogen-bond acceptors (Lipinski definition) is 7. The van der Waals surface area contributed by atoms with Crippen molar-refractivity contribution >= 4 is 5.97 Å². The Balaban J connectivity index is 3.09. The Labute approximate surface area is 228 Å². The van der Waals surface area contributed by atoms with Gasteiger partial charge in [-0.25, -0.2) is 0 Å². The molecule has 222 valence electrons. The Bertz CT molecular complexity index is 465. The molecule has 0 N–H and O–H groups in total. The summed E-state index contributed by atoms with van der Waals surface area (Å²) in [6, 6.07) is 0. The number of rotatable bonds is 29. The average molecular weight is 533 g/mol. The molecule has 37 heavy (non-hydrogen) atoms. The van der Waals surface area contributed by atoms with Gasteiger partial charge in [-0.15, -0.1) is 0 Å². The summed E-state index contributed by atoms with van der Waals surface area (Å²) in [4.78, 5) is 11.5. The number of hydrogen-bond donors (Lipinski definition) is 0. The van der Waals surface area contributed by atoms with E-state index in [1.165, 1.54) is 77.0 Å². The fraction of sp³-hybridized carbons (Fsp3) is 0.967. The van der Waals surface area contributed by atoms with E-state index >= 15 is 0 Å². The quantitative estimate of drug-likeness (QED) is 0.0767. The lowest BCUT2D eigenvalue weighted by Gasteiger charge is -2.19. The normalized spacial score (nSPS) is 11.8. The van der Waals surface area contributed by atoms with E-state index in [9.17, 15) is 4.79 Å². The summed E-state index contributed by atoms with van der Waals surface area (Å²) in [5, 5.41) is 0. The minimum absolute atomic E-state index is 0.245. The molecule has 0 bridgehead atoms. The maximum atomic E-state index is 11.5. The number of esters is 1. The Morgan fingerprint density at radius 2 is 0.784 bits per heavy atom. The van der Waals surface area contributed by atoms with Gasteiger partial charge in [-0.1, -0.05) is 84.0 Å². The lowest BCUT2D eigenvalue weighted by Crippen LogP contribution is -2.24. The van der Waals surface area contributed by atoms with E-state index in [1.807, 2.05) is 20.8 Å². The summed E-state index contributed by atoms with van der Waals surface area (Å²) in [6.45, 7) is 13.3. The molecule has 0 fully saturated rings. The number of carbonyl (C=O) groups is 1. The molecular formula is C30H60O7. The molecule has 0 aliphatic carbocycles. The molecule has 7 nitrogen and oxygen atoms in total. The summed E-state index contributed by atoms with van der Waals surface area (Å²) in [5.41, 5.74) is -0.454. The molecule has 0 radical (unpaired) electrons. The van der Waals surface area contributed by atoms with Crippen LogP contribution in [0.25, 0.3) is 0 Å². The number of ether oxygens (including phenoxy) is 6. The van der Waals surface area contributed by atoms with Gasteiger partial charge in [0.15, 0.2) is 0 Å². The van der Waals surface area contributed by atoms with E-state index in [2.05, 4.69) is 6.92 Å². The van der Waals surface area contributed by atoms with Gasteiger partial charge < -0.3 is 28.4 Å². The minimum Gasteiger partial charge on any atom is -0.460 e. The molecule has 0 spiro atoms. The maximum Gasteiger partial charge on any atom is 0.308 e. The van der Waals surface area contributed by atoms with Crippen molar-refractivity contribution in [3.63, 3.8) is 0 Å². The van der Waals surface area contributed by atoms with Crippen LogP contribution in [0.4, 0.5) is 0 Å². The first-order valence-electron chi connectivity index (χ1n) is 15.1. The van der Waals surface area contributed by atoms with Crippen LogP contribution in [0, 0.1) is 0 Å². The van der Waals surface area contributed by atoms with Crippen molar-refractivity contribution in [2.24, 2.45) is 0 Å². The van der Waals surface area contributed by atoms with Crippen LogP contribution in [0.15, 0.2) is 0 Å². The van der Waals surface area contributed by atoms with Crippen molar-refractivity contribution in [1.82, 2.24) is 0 Å². The summed E-state index contributed by atoms with van der Waals surface area (Å²) in [7, 11) is 0. The van der Waals surface area contributed by atoms with E-state index < -0.39 is 5.60 Å². The summed E-state index contributed by atoms with van der Waals surface area (Å²) >= 11 is 0. The molecule has 0 aromatic carbocycles. The van der Waals surface area contributed by atoms with Crippen molar-refractivity contribution < 1.29 is 33.2 Å². The van der Waals surface area contributed by atoms with E-state index in [0.29, 0.717) is 59.5 Å². The summed E-state index contributed by atoms with van der Waals surface area (Å²) < 4.78 is 32.7. The number of unbranched alkanes of at least 4 members (excludes halogenated alkanes) is 12. The Kier molecular flexibility index (Phi) is 27.7. The molecule has 0 aromatic rings. The molecule has 0 atom stereocenters. The molecule has 0 heterocycles. The van der Waals surface area contributed by atoms with Crippen LogP contribution in [0.2, 0.25) is 0 Å². The van der Waals surface area contributed by atoms with Gasteiger partial charge in [-0.3, -0.25) is 4.79 Å². The topological polar surface area (TPSA) is 72.5 Å². The van der Waals surface area contributed by atoms with Gasteiger partial charge in [-0.2, -0.15) is 0 Å². The van der Waals surface area contributed by atoms with Gasteiger partial charge in [0.25, 0.3) is 0 Å². The molecule has 0 aromatic heterocycles. The highest BCUT2D eigenvalue weighted by atomic mass is 16.6. The molecule has 0 aliphatic heterocycles. The molecule has 0 amide bonds. The van der Waals surface area contributed by atoms with Crippen LogP contribution in [-0.4, -0.2) is 77.6 Å². The monoisotopic (exact) mass is 532 g/mol. The van der Waals surface area contributed by atoms with E-state index in [4.69, 9.17) is 28.4 Å². The maximum absolute atomic E-state index is 11.5. The smallest absolute Gasteiger partial charge is 0.308 e. The predicted molar refractivity (Wildman–Crippen MR) is 150 cm³/mol. The van der Waals surface area contributed by atoms with Crippen LogP contribution in [0.5, 0.6) is 0 Å². The van der Waals surface area contributed by atoms with Crippen molar-refractivity contribution in [2.75, 3.05) is 66.1 Å². The van der Waals surface area contributed by atoms with Crippen LogP contribution >= 0.6 is 0 Å². The molecule has 0 unspecified atom stereocenters. The van der Waals surface area contributed by atoms with Crippen LogP contribution < -0.4 is 0 Å². The fourth-order valence-corrected chi connectivity index (χ4v) is 3.75. The molecule has 0 rings (SSSR count). The van der Waals surface area contributed by atoms with Gasteiger partial charge >= 0.3 is 5.97 Å². The van der Waals surface area contributed by atoms with E-state index in [1.54, 1.807) is 0 Å². The SMILES string of the molecule is CCCCCCCCCCCCCCCOCCOCCOCCOCCOCCC(=O)OC(C)(C)C. The second-order valence-corrected chi connectivity index (χ2v) is 10.6. The lowest BCUT2D eigenvalue weighted by molar-refractivity contribution is -0.156. The Morgan fingerprint density at radius 3 is 1.16 bits per heavy atom. The largest absolute Gasteiger partial charge is 0.460 e. The summed E-state index contributed by atoms with van der Waals surface area (Å²) in [5.74, 6) is -0.245. The van der Waals surface area contributed by atoms with Crippen molar-refractivity contribution in [3.05, 3.63) is 0 Å². The fourth-order valence-electron chi connectivity index (χ4n) is 3.75. The zero-order valence-electron chi connectivity index (χ0n) is 24.8. The Morgan fingerprint density at radius 1 is 0.459 bits per heavy atom.